The molecule has 118 valence electrons. The standard InChI is InChI=1S/C17H14ClFN2O2/c18-11-3-1-10(2-4-11)9-20-17(23)14-8-16(22)21-15-7-12(19)5-6-13(14)15/h1-7,14H,8-9H2,(H,20,23)(H,21,22)/t14-/m0/s1. The first kappa shape index (κ1) is 15.5. The Morgan fingerprint density at radius 2 is 2.00 bits per heavy atom. The van der Waals surface area contributed by atoms with E-state index >= 15 is 0 Å². The molecule has 4 nitrogen and oxygen atoms in total. The van der Waals surface area contributed by atoms with Crippen molar-refractivity contribution in [1.29, 1.82) is 0 Å². The van der Waals surface area contributed by atoms with E-state index in [-0.39, 0.29) is 18.2 Å². The van der Waals surface area contributed by atoms with E-state index in [4.69, 9.17) is 11.6 Å². The minimum Gasteiger partial charge on any atom is -0.351 e. The van der Waals surface area contributed by atoms with Crippen LogP contribution in [-0.4, -0.2) is 11.8 Å². The predicted molar refractivity (Wildman–Crippen MR) is 85.7 cm³/mol. The monoisotopic (exact) mass is 332 g/mol. The van der Waals surface area contributed by atoms with Gasteiger partial charge in [-0.2, -0.15) is 0 Å². The first-order valence-electron chi connectivity index (χ1n) is 7.14. The third kappa shape index (κ3) is 3.51. The summed E-state index contributed by atoms with van der Waals surface area (Å²) < 4.78 is 13.3. The Bertz CT molecular complexity index is 762. The lowest BCUT2D eigenvalue weighted by Gasteiger charge is -2.24. The van der Waals surface area contributed by atoms with Crippen molar-refractivity contribution >= 4 is 29.1 Å². The van der Waals surface area contributed by atoms with Crippen molar-refractivity contribution in [1.82, 2.24) is 5.32 Å². The Balaban J connectivity index is 1.74. The van der Waals surface area contributed by atoms with Crippen molar-refractivity contribution in [2.75, 3.05) is 5.32 Å². The molecule has 0 radical (unpaired) electrons. The number of hydrogen-bond acceptors (Lipinski definition) is 2. The van der Waals surface area contributed by atoms with Gasteiger partial charge in [-0.3, -0.25) is 9.59 Å². The lowest BCUT2D eigenvalue weighted by atomic mass is 9.89. The van der Waals surface area contributed by atoms with Crippen molar-refractivity contribution in [3.05, 3.63) is 64.4 Å². The normalized spacial score (nSPS) is 16.4. The molecule has 2 aromatic rings. The molecule has 1 heterocycles. The number of nitrogens with one attached hydrogen (secondary N) is 2. The van der Waals surface area contributed by atoms with Gasteiger partial charge in [-0.1, -0.05) is 29.8 Å². The average molecular weight is 333 g/mol. The number of anilines is 1. The number of hydrogen-bond donors (Lipinski definition) is 2. The summed E-state index contributed by atoms with van der Waals surface area (Å²) >= 11 is 5.82. The molecule has 0 bridgehead atoms. The highest BCUT2D eigenvalue weighted by Crippen LogP contribution is 2.32. The molecule has 0 fully saturated rings. The lowest BCUT2D eigenvalue weighted by Crippen LogP contribution is -2.34. The van der Waals surface area contributed by atoms with Crippen molar-refractivity contribution in [3.8, 4) is 0 Å². The van der Waals surface area contributed by atoms with Crippen LogP contribution in [0.4, 0.5) is 10.1 Å². The largest absolute Gasteiger partial charge is 0.351 e. The fourth-order valence-electron chi connectivity index (χ4n) is 2.59. The van der Waals surface area contributed by atoms with E-state index in [9.17, 15) is 14.0 Å². The van der Waals surface area contributed by atoms with Crippen LogP contribution < -0.4 is 10.6 Å². The Hall–Kier alpha value is -2.40. The molecular formula is C17H14ClFN2O2. The zero-order chi connectivity index (χ0) is 16.4. The molecule has 0 aromatic heterocycles. The first-order valence-corrected chi connectivity index (χ1v) is 7.52. The molecule has 1 aliphatic rings. The van der Waals surface area contributed by atoms with Crippen molar-refractivity contribution < 1.29 is 14.0 Å². The molecule has 1 aliphatic heterocycles. The van der Waals surface area contributed by atoms with Crippen LogP contribution in [0.2, 0.25) is 5.02 Å². The maximum absolute atomic E-state index is 13.3. The first-order chi connectivity index (χ1) is 11.0. The summed E-state index contributed by atoms with van der Waals surface area (Å²) in [6.07, 6.45) is 0.0467. The van der Waals surface area contributed by atoms with Crippen molar-refractivity contribution in [2.45, 2.75) is 18.9 Å². The van der Waals surface area contributed by atoms with Crippen LogP contribution in [0.25, 0.3) is 0 Å². The highest BCUT2D eigenvalue weighted by Gasteiger charge is 2.30. The number of carbonyl (C=O) groups is 2. The van der Waals surface area contributed by atoms with E-state index in [1.165, 1.54) is 18.2 Å². The van der Waals surface area contributed by atoms with Crippen LogP contribution in [0, 0.1) is 5.82 Å². The zero-order valence-corrected chi connectivity index (χ0v) is 12.9. The van der Waals surface area contributed by atoms with E-state index in [1.54, 1.807) is 12.1 Å². The number of fused-ring (bicyclic) bond motifs is 1. The van der Waals surface area contributed by atoms with Gasteiger partial charge in [0.1, 0.15) is 5.82 Å². The third-order valence-corrected chi connectivity index (χ3v) is 4.00. The quantitative estimate of drug-likeness (QED) is 0.906. The maximum atomic E-state index is 13.3. The summed E-state index contributed by atoms with van der Waals surface area (Å²) in [5.41, 5.74) is 1.88. The Kier molecular flexibility index (Phi) is 4.30. The second-order valence-corrected chi connectivity index (χ2v) is 5.82. The van der Waals surface area contributed by atoms with E-state index in [2.05, 4.69) is 10.6 Å². The SMILES string of the molecule is O=C1C[C@H](C(=O)NCc2ccc(Cl)cc2)c2ccc(F)cc2N1. The van der Waals surface area contributed by atoms with Gasteiger partial charge >= 0.3 is 0 Å². The van der Waals surface area contributed by atoms with Gasteiger partial charge in [-0.05, 0) is 35.4 Å². The molecular weight excluding hydrogens is 319 g/mol. The molecule has 0 aliphatic carbocycles. The summed E-state index contributed by atoms with van der Waals surface area (Å²) in [5, 5.41) is 6.03. The lowest BCUT2D eigenvalue weighted by molar-refractivity contribution is -0.126. The average Bonchev–Trinajstić information content (AvgIpc) is 2.52. The molecule has 0 saturated carbocycles. The van der Waals surface area contributed by atoms with E-state index in [0.29, 0.717) is 22.8 Å². The van der Waals surface area contributed by atoms with Crippen LogP contribution in [0.3, 0.4) is 0 Å². The van der Waals surface area contributed by atoms with E-state index in [0.717, 1.165) is 5.56 Å². The summed E-state index contributed by atoms with van der Waals surface area (Å²) in [6.45, 7) is 0.338. The van der Waals surface area contributed by atoms with Crippen LogP contribution in [-0.2, 0) is 16.1 Å². The molecule has 3 rings (SSSR count). The molecule has 2 amide bonds. The molecule has 1 atom stereocenters. The van der Waals surface area contributed by atoms with Gasteiger partial charge in [0.25, 0.3) is 0 Å². The Morgan fingerprint density at radius 3 is 2.74 bits per heavy atom. The number of benzene rings is 2. The van der Waals surface area contributed by atoms with E-state index in [1.807, 2.05) is 12.1 Å². The van der Waals surface area contributed by atoms with Crippen LogP contribution in [0.1, 0.15) is 23.5 Å². The zero-order valence-electron chi connectivity index (χ0n) is 12.1. The van der Waals surface area contributed by atoms with Gasteiger partial charge in [-0.15, -0.1) is 0 Å². The van der Waals surface area contributed by atoms with Gasteiger partial charge < -0.3 is 10.6 Å². The highest BCUT2D eigenvalue weighted by atomic mass is 35.5. The van der Waals surface area contributed by atoms with Gasteiger partial charge in [0, 0.05) is 23.7 Å². The Labute approximate surface area is 137 Å². The molecule has 2 aromatic carbocycles. The summed E-state index contributed by atoms with van der Waals surface area (Å²) in [5.74, 6) is -1.63. The van der Waals surface area contributed by atoms with Gasteiger partial charge in [0.15, 0.2) is 0 Å². The molecule has 2 N–H and O–H groups in total. The smallest absolute Gasteiger partial charge is 0.228 e. The topological polar surface area (TPSA) is 58.2 Å². The van der Waals surface area contributed by atoms with E-state index < -0.39 is 11.7 Å². The van der Waals surface area contributed by atoms with Gasteiger partial charge in [0.05, 0.1) is 5.92 Å². The van der Waals surface area contributed by atoms with Crippen LogP contribution in [0.5, 0.6) is 0 Å². The highest BCUT2D eigenvalue weighted by molar-refractivity contribution is 6.30. The third-order valence-electron chi connectivity index (χ3n) is 3.75. The molecule has 0 unspecified atom stereocenters. The Morgan fingerprint density at radius 1 is 1.26 bits per heavy atom. The second-order valence-electron chi connectivity index (χ2n) is 5.38. The number of halogens is 2. The fraction of sp³-hybridized carbons (Fsp3) is 0.176. The van der Waals surface area contributed by atoms with Crippen molar-refractivity contribution in [3.63, 3.8) is 0 Å². The number of carbonyl (C=O) groups excluding carboxylic acids is 2. The minimum absolute atomic E-state index is 0.0467. The second kappa shape index (κ2) is 6.38. The fourth-order valence-corrected chi connectivity index (χ4v) is 2.71. The maximum Gasteiger partial charge on any atom is 0.228 e. The molecule has 0 spiro atoms. The molecule has 23 heavy (non-hydrogen) atoms. The van der Waals surface area contributed by atoms with Crippen LogP contribution >= 0.6 is 11.6 Å². The minimum atomic E-state index is -0.619. The summed E-state index contributed by atoms with van der Waals surface area (Å²) in [4.78, 5) is 24.2. The molecule has 6 heteroatoms. The predicted octanol–water partition coefficient (Wildman–Crippen LogP) is 3.22. The summed E-state index contributed by atoms with van der Waals surface area (Å²) in [7, 11) is 0. The summed E-state index contributed by atoms with van der Waals surface area (Å²) in [6, 6.07) is 11.2. The van der Waals surface area contributed by atoms with Gasteiger partial charge in [-0.25, -0.2) is 4.39 Å². The molecule has 0 saturated heterocycles. The van der Waals surface area contributed by atoms with Gasteiger partial charge in [0.2, 0.25) is 11.8 Å². The number of rotatable bonds is 3. The van der Waals surface area contributed by atoms with Crippen molar-refractivity contribution in [2.24, 2.45) is 0 Å². The number of amides is 2. The van der Waals surface area contributed by atoms with Crippen LogP contribution in [0.15, 0.2) is 42.5 Å².